The molecule has 0 spiro atoms. The van der Waals surface area contributed by atoms with Crippen LogP contribution in [0.25, 0.3) is 21.8 Å². The van der Waals surface area contributed by atoms with E-state index in [1.807, 2.05) is 61.5 Å². The van der Waals surface area contributed by atoms with E-state index in [1.54, 1.807) is 18.7 Å². The molecular weight excluding hydrogens is 396 g/mol. The third kappa shape index (κ3) is 4.11. The third-order valence-electron chi connectivity index (χ3n) is 4.80. The lowest BCUT2D eigenvalue weighted by molar-refractivity contribution is 0.0929. The van der Waals surface area contributed by atoms with Gasteiger partial charge in [-0.25, -0.2) is 9.97 Å². The lowest BCUT2D eigenvalue weighted by Crippen LogP contribution is -2.29. The minimum atomic E-state index is -0.230. The van der Waals surface area contributed by atoms with Crippen molar-refractivity contribution in [3.63, 3.8) is 0 Å². The Morgan fingerprint density at radius 2 is 1.93 bits per heavy atom. The molecule has 0 saturated heterocycles. The lowest BCUT2D eigenvalue weighted by Gasteiger charge is -2.13. The second-order valence-corrected chi connectivity index (χ2v) is 7.58. The van der Waals surface area contributed by atoms with Gasteiger partial charge in [0.05, 0.1) is 30.6 Å². The number of rotatable bonds is 7. The maximum atomic E-state index is 12.8. The fraction of sp³-hybridized carbons (Fsp3) is 0.174. The van der Waals surface area contributed by atoms with E-state index in [-0.39, 0.29) is 11.9 Å². The number of methoxy groups -OCH3 is 1. The number of aromatic amines is 1. The van der Waals surface area contributed by atoms with Gasteiger partial charge >= 0.3 is 0 Å². The zero-order chi connectivity index (χ0) is 20.9. The first kappa shape index (κ1) is 19.8. The van der Waals surface area contributed by atoms with Crippen LogP contribution < -0.4 is 10.1 Å². The van der Waals surface area contributed by atoms with E-state index in [0.717, 1.165) is 33.4 Å². The number of para-hydroxylation sites is 1. The van der Waals surface area contributed by atoms with Gasteiger partial charge in [0.15, 0.2) is 0 Å². The molecule has 0 aliphatic carbocycles. The number of nitrogens with one attached hydrogen (secondary N) is 2. The van der Waals surface area contributed by atoms with E-state index in [0.29, 0.717) is 12.1 Å². The first-order valence-corrected chi connectivity index (χ1v) is 10.6. The highest BCUT2D eigenvalue weighted by atomic mass is 32.1. The van der Waals surface area contributed by atoms with Gasteiger partial charge in [0.25, 0.3) is 5.91 Å². The van der Waals surface area contributed by atoms with Gasteiger partial charge < -0.3 is 15.0 Å². The van der Waals surface area contributed by atoms with Crippen LogP contribution in [0.4, 0.5) is 0 Å². The average Bonchev–Trinajstić information content (AvgIpc) is 3.48. The summed E-state index contributed by atoms with van der Waals surface area (Å²) in [7, 11) is 1.62. The van der Waals surface area contributed by atoms with Crippen LogP contribution in [0, 0.1) is 0 Å². The number of hydrogen-bond acceptors (Lipinski definition) is 5. The molecule has 4 rings (SSSR count). The van der Waals surface area contributed by atoms with Crippen molar-refractivity contribution in [3.8, 4) is 27.6 Å². The van der Waals surface area contributed by atoms with Crippen LogP contribution in [-0.4, -0.2) is 28.0 Å². The smallest absolute Gasteiger partial charge is 0.271 e. The van der Waals surface area contributed by atoms with Crippen molar-refractivity contribution in [1.82, 2.24) is 20.3 Å². The van der Waals surface area contributed by atoms with Crippen LogP contribution in [0.3, 0.4) is 0 Å². The topological polar surface area (TPSA) is 79.9 Å². The minimum absolute atomic E-state index is 0.225. The van der Waals surface area contributed by atoms with Crippen molar-refractivity contribution in [2.24, 2.45) is 0 Å². The minimum Gasteiger partial charge on any atom is -0.496 e. The second kappa shape index (κ2) is 8.92. The van der Waals surface area contributed by atoms with Gasteiger partial charge in [0.2, 0.25) is 0 Å². The van der Waals surface area contributed by atoms with E-state index in [2.05, 4.69) is 20.3 Å². The number of benzene rings is 2. The lowest BCUT2D eigenvalue weighted by atomic mass is 10.2. The highest BCUT2D eigenvalue weighted by molar-refractivity contribution is 7.13. The molecule has 30 heavy (non-hydrogen) atoms. The quantitative estimate of drug-likeness (QED) is 0.438. The molecule has 6 nitrogen and oxygen atoms in total. The summed E-state index contributed by atoms with van der Waals surface area (Å²) in [4.78, 5) is 25.1. The van der Waals surface area contributed by atoms with Crippen molar-refractivity contribution in [2.45, 2.75) is 19.4 Å². The molecule has 0 radical (unpaired) electrons. The van der Waals surface area contributed by atoms with Crippen LogP contribution in [0.2, 0.25) is 0 Å². The van der Waals surface area contributed by atoms with Crippen molar-refractivity contribution in [2.75, 3.05) is 7.11 Å². The van der Waals surface area contributed by atoms with Gasteiger partial charge in [-0.3, -0.25) is 4.79 Å². The Morgan fingerprint density at radius 1 is 1.17 bits per heavy atom. The Bertz CT molecular complexity index is 1140. The Hall–Kier alpha value is -3.45. The Labute approximate surface area is 179 Å². The molecule has 0 fully saturated rings. The summed E-state index contributed by atoms with van der Waals surface area (Å²) >= 11 is 1.42. The summed E-state index contributed by atoms with van der Waals surface area (Å²) in [6, 6.07) is 17.4. The summed E-state index contributed by atoms with van der Waals surface area (Å²) in [6.45, 7) is 2.01. The predicted octanol–water partition coefficient (Wildman–Crippen LogP) is 5.09. The number of ether oxygens (including phenoxy) is 1. The largest absolute Gasteiger partial charge is 0.496 e. The highest BCUT2D eigenvalue weighted by Gasteiger charge is 2.20. The van der Waals surface area contributed by atoms with Gasteiger partial charge in [-0.15, -0.1) is 11.3 Å². The molecule has 2 N–H and O–H groups in total. The number of amides is 1. The Kier molecular flexibility index (Phi) is 5.90. The number of carbonyl (C=O) groups is 1. The predicted molar refractivity (Wildman–Crippen MR) is 119 cm³/mol. The van der Waals surface area contributed by atoms with Crippen molar-refractivity contribution in [3.05, 3.63) is 77.7 Å². The summed E-state index contributed by atoms with van der Waals surface area (Å²) in [5.41, 5.74) is 3.23. The van der Waals surface area contributed by atoms with Gasteiger partial charge in [-0.2, -0.15) is 0 Å². The van der Waals surface area contributed by atoms with Crippen molar-refractivity contribution < 1.29 is 9.53 Å². The molecule has 7 heteroatoms. The highest BCUT2D eigenvalue weighted by Crippen LogP contribution is 2.32. The summed E-state index contributed by atoms with van der Waals surface area (Å²) in [5.74, 6) is 1.23. The SMILES string of the molecule is CCC(NC(=O)c1csc(-c2ccccc2OC)n1)c1ncc(-c2ccccc2)[nH]1. The van der Waals surface area contributed by atoms with Crippen LogP contribution in [-0.2, 0) is 0 Å². The number of nitrogens with zero attached hydrogens (tertiary/aromatic N) is 2. The van der Waals surface area contributed by atoms with Gasteiger partial charge in [-0.1, -0.05) is 49.4 Å². The van der Waals surface area contributed by atoms with E-state index in [9.17, 15) is 4.79 Å². The molecule has 2 aromatic carbocycles. The average molecular weight is 419 g/mol. The fourth-order valence-corrected chi connectivity index (χ4v) is 4.03. The maximum Gasteiger partial charge on any atom is 0.271 e. The molecule has 0 aliphatic rings. The normalized spacial score (nSPS) is 11.8. The Morgan fingerprint density at radius 3 is 2.70 bits per heavy atom. The monoisotopic (exact) mass is 418 g/mol. The first-order chi connectivity index (χ1) is 14.7. The molecule has 1 unspecified atom stereocenters. The molecule has 4 aromatic rings. The van der Waals surface area contributed by atoms with Crippen molar-refractivity contribution >= 4 is 17.2 Å². The second-order valence-electron chi connectivity index (χ2n) is 6.72. The molecule has 0 aliphatic heterocycles. The molecule has 2 aromatic heterocycles. The molecule has 1 amide bonds. The molecule has 0 bridgehead atoms. The Balaban J connectivity index is 1.51. The van der Waals surface area contributed by atoms with Crippen LogP contribution >= 0.6 is 11.3 Å². The third-order valence-corrected chi connectivity index (χ3v) is 5.67. The van der Waals surface area contributed by atoms with E-state index < -0.39 is 0 Å². The number of imidazole rings is 1. The first-order valence-electron chi connectivity index (χ1n) is 9.69. The van der Waals surface area contributed by atoms with Gasteiger partial charge in [0.1, 0.15) is 22.3 Å². The summed E-state index contributed by atoms with van der Waals surface area (Å²) in [5, 5.41) is 5.55. The maximum absolute atomic E-state index is 12.8. The number of H-pyrrole nitrogens is 1. The van der Waals surface area contributed by atoms with Crippen LogP contribution in [0.15, 0.2) is 66.2 Å². The molecule has 2 heterocycles. The number of carbonyl (C=O) groups excluding carboxylic acids is 1. The van der Waals surface area contributed by atoms with Gasteiger partial charge in [0, 0.05) is 5.38 Å². The zero-order valence-electron chi connectivity index (χ0n) is 16.8. The number of aromatic nitrogens is 3. The van der Waals surface area contributed by atoms with Crippen LogP contribution in [0.5, 0.6) is 5.75 Å². The number of thiazole rings is 1. The van der Waals surface area contributed by atoms with Gasteiger partial charge in [-0.05, 0) is 24.1 Å². The van der Waals surface area contributed by atoms with E-state index in [1.165, 1.54) is 11.3 Å². The van der Waals surface area contributed by atoms with Crippen molar-refractivity contribution in [1.29, 1.82) is 0 Å². The molecule has 152 valence electrons. The zero-order valence-corrected chi connectivity index (χ0v) is 17.6. The van der Waals surface area contributed by atoms with E-state index >= 15 is 0 Å². The molecule has 1 atom stereocenters. The summed E-state index contributed by atoms with van der Waals surface area (Å²) in [6.07, 6.45) is 2.50. The standard InChI is InChI=1S/C23H22N4O2S/c1-3-17(21-24-13-18(25-21)15-9-5-4-6-10-15)26-22(28)19-14-30-23(27-19)16-11-7-8-12-20(16)29-2/h4-14,17H,3H2,1-2H3,(H,24,25)(H,26,28). The van der Waals surface area contributed by atoms with Crippen LogP contribution in [0.1, 0.15) is 35.7 Å². The number of hydrogen-bond donors (Lipinski definition) is 2. The van der Waals surface area contributed by atoms with E-state index in [4.69, 9.17) is 4.74 Å². The molecular formula is C23H22N4O2S. The summed E-state index contributed by atoms with van der Waals surface area (Å²) < 4.78 is 5.40. The molecule has 0 saturated carbocycles. The fourth-order valence-electron chi connectivity index (χ4n) is 3.20.